The third-order valence-electron chi connectivity index (χ3n) is 3.16. The summed E-state index contributed by atoms with van der Waals surface area (Å²) >= 11 is 3.43. The molecule has 0 spiro atoms. The van der Waals surface area contributed by atoms with Gasteiger partial charge in [-0.3, -0.25) is 4.79 Å². The van der Waals surface area contributed by atoms with Crippen molar-refractivity contribution in [1.29, 1.82) is 0 Å². The molecule has 0 aliphatic heterocycles. The number of hydrogen-bond donors (Lipinski definition) is 2. The average Bonchev–Trinajstić information content (AvgIpc) is 2.43. The van der Waals surface area contributed by atoms with E-state index in [9.17, 15) is 4.79 Å². The van der Waals surface area contributed by atoms with Crippen LogP contribution in [0.25, 0.3) is 0 Å². The predicted molar refractivity (Wildman–Crippen MR) is 80.4 cm³/mol. The molecule has 5 nitrogen and oxygen atoms in total. The summed E-state index contributed by atoms with van der Waals surface area (Å²) in [5.74, 6) is 0.418. The van der Waals surface area contributed by atoms with Crippen molar-refractivity contribution in [2.75, 3.05) is 14.2 Å². The molecule has 0 fully saturated rings. The second-order valence-corrected chi connectivity index (χ2v) is 5.24. The maximum absolute atomic E-state index is 10.7. The summed E-state index contributed by atoms with van der Waals surface area (Å²) in [4.78, 5) is 10.7. The molecule has 1 unspecified atom stereocenters. The van der Waals surface area contributed by atoms with Crippen LogP contribution >= 0.6 is 15.9 Å². The highest BCUT2D eigenvalue weighted by molar-refractivity contribution is 9.10. The molecule has 0 aliphatic carbocycles. The Hall–Kier alpha value is -1.27. The summed E-state index contributed by atoms with van der Waals surface area (Å²) in [7, 11) is 3.15. The van der Waals surface area contributed by atoms with Crippen molar-refractivity contribution >= 4 is 21.9 Å². The Kier molecular flexibility index (Phi) is 6.29. The zero-order valence-electron chi connectivity index (χ0n) is 11.9. The molecule has 1 aromatic rings. The predicted octanol–water partition coefficient (Wildman–Crippen LogP) is 2.89. The smallest absolute Gasteiger partial charge is 0.303 e. The van der Waals surface area contributed by atoms with Crippen LogP contribution in [-0.2, 0) is 11.2 Å². The molecule has 0 aliphatic rings. The van der Waals surface area contributed by atoms with Crippen LogP contribution in [0.3, 0.4) is 0 Å². The van der Waals surface area contributed by atoms with Crippen molar-refractivity contribution in [2.24, 2.45) is 5.73 Å². The molecule has 0 radical (unpaired) electrons. The number of carboxylic acid groups (broad SMARTS) is 1. The van der Waals surface area contributed by atoms with E-state index in [1.54, 1.807) is 14.2 Å². The molecular weight excluding hydrogens is 326 g/mol. The van der Waals surface area contributed by atoms with Crippen LogP contribution in [0.15, 0.2) is 10.5 Å². The molecule has 0 heterocycles. The molecule has 0 saturated heterocycles. The van der Waals surface area contributed by atoms with Gasteiger partial charge in [0.25, 0.3) is 0 Å². The molecule has 0 aromatic heterocycles. The molecule has 1 aromatic carbocycles. The van der Waals surface area contributed by atoms with Gasteiger partial charge in [0.2, 0.25) is 0 Å². The van der Waals surface area contributed by atoms with Gasteiger partial charge in [-0.2, -0.15) is 0 Å². The topological polar surface area (TPSA) is 81.8 Å². The van der Waals surface area contributed by atoms with Crippen LogP contribution in [0, 0.1) is 0 Å². The Morgan fingerprint density at radius 3 is 2.45 bits per heavy atom. The Morgan fingerprint density at radius 1 is 1.40 bits per heavy atom. The van der Waals surface area contributed by atoms with Crippen LogP contribution < -0.4 is 15.2 Å². The SMILES string of the molecule is CCc1c(C(N)CCC(=O)O)cc(Br)c(OC)c1OC. The number of carbonyl (C=O) groups is 1. The number of methoxy groups -OCH3 is 2. The van der Waals surface area contributed by atoms with Gasteiger partial charge in [-0.1, -0.05) is 6.92 Å². The monoisotopic (exact) mass is 345 g/mol. The first-order chi connectivity index (χ1) is 9.46. The van der Waals surface area contributed by atoms with E-state index in [1.165, 1.54) is 0 Å². The summed E-state index contributed by atoms with van der Waals surface area (Å²) in [5, 5.41) is 8.76. The van der Waals surface area contributed by atoms with Crippen LogP contribution in [0.1, 0.15) is 36.9 Å². The average molecular weight is 346 g/mol. The lowest BCUT2D eigenvalue weighted by Gasteiger charge is -2.21. The second kappa shape index (κ2) is 7.50. The van der Waals surface area contributed by atoms with Crippen molar-refractivity contribution in [2.45, 2.75) is 32.2 Å². The van der Waals surface area contributed by atoms with E-state index in [4.69, 9.17) is 20.3 Å². The van der Waals surface area contributed by atoms with Crippen molar-refractivity contribution in [1.82, 2.24) is 0 Å². The van der Waals surface area contributed by atoms with Gasteiger partial charge in [-0.15, -0.1) is 0 Å². The molecule has 112 valence electrons. The van der Waals surface area contributed by atoms with Crippen molar-refractivity contribution < 1.29 is 19.4 Å². The van der Waals surface area contributed by atoms with Crippen molar-refractivity contribution in [3.63, 3.8) is 0 Å². The summed E-state index contributed by atoms with van der Waals surface area (Å²) in [6.45, 7) is 2.00. The molecule has 1 atom stereocenters. The fourth-order valence-corrected chi connectivity index (χ4v) is 2.79. The molecule has 3 N–H and O–H groups in total. The normalized spacial score (nSPS) is 12.1. The van der Waals surface area contributed by atoms with E-state index >= 15 is 0 Å². The highest BCUT2D eigenvalue weighted by Gasteiger charge is 2.21. The minimum Gasteiger partial charge on any atom is -0.493 e. The molecule has 1 rings (SSSR count). The number of benzene rings is 1. The van der Waals surface area contributed by atoms with Crippen molar-refractivity contribution in [3.05, 3.63) is 21.7 Å². The molecule has 20 heavy (non-hydrogen) atoms. The van der Waals surface area contributed by atoms with Gasteiger partial charge in [0, 0.05) is 18.0 Å². The quantitative estimate of drug-likeness (QED) is 0.793. The van der Waals surface area contributed by atoms with Crippen LogP contribution in [0.2, 0.25) is 0 Å². The molecule has 0 amide bonds. The largest absolute Gasteiger partial charge is 0.493 e. The molecule has 6 heteroatoms. The van der Waals surface area contributed by atoms with Gasteiger partial charge in [0.05, 0.1) is 18.7 Å². The van der Waals surface area contributed by atoms with Gasteiger partial charge < -0.3 is 20.3 Å². The summed E-state index contributed by atoms with van der Waals surface area (Å²) in [6, 6.07) is 1.53. The Morgan fingerprint density at radius 2 is 2.00 bits per heavy atom. The standard InChI is InChI=1S/C14H20BrNO4/c1-4-8-9(11(16)5-6-12(17)18)7-10(15)14(20-3)13(8)19-2/h7,11H,4-6,16H2,1-3H3,(H,17,18). The van der Waals surface area contributed by atoms with Gasteiger partial charge in [0.1, 0.15) is 0 Å². The summed E-state index contributed by atoms with van der Waals surface area (Å²) in [5.41, 5.74) is 7.96. The van der Waals surface area contributed by atoms with Crippen LogP contribution in [0.4, 0.5) is 0 Å². The minimum atomic E-state index is -0.849. The fraction of sp³-hybridized carbons (Fsp3) is 0.500. The van der Waals surface area contributed by atoms with E-state index in [-0.39, 0.29) is 12.5 Å². The minimum absolute atomic E-state index is 0.0380. The van der Waals surface area contributed by atoms with E-state index in [0.29, 0.717) is 17.9 Å². The first-order valence-electron chi connectivity index (χ1n) is 6.36. The number of hydrogen-bond acceptors (Lipinski definition) is 4. The number of rotatable bonds is 7. The molecule has 0 bridgehead atoms. The van der Waals surface area contributed by atoms with Crippen molar-refractivity contribution in [3.8, 4) is 11.5 Å². The van der Waals surface area contributed by atoms with Crippen LogP contribution in [-0.4, -0.2) is 25.3 Å². The number of aliphatic carboxylic acids is 1. The van der Waals surface area contributed by atoms with Crippen LogP contribution in [0.5, 0.6) is 11.5 Å². The number of nitrogens with two attached hydrogens (primary N) is 1. The zero-order valence-corrected chi connectivity index (χ0v) is 13.5. The number of ether oxygens (including phenoxy) is 2. The lowest BCUT2D eigenvalue weighted by atomic mass is 9.94. The van der Waals surface area contributed by atoms with Gasteiger partial charge in [-0.05, 0) is 40.4 Å². The number of halogens is 1. The van der Waals surface area contributed by atoms with Gasteiger partial charge in [-0.25, -0.2) is 0 Å². The first-order valence-corrected chi connectivity index (χ1v) is 7.16. The first kappa shape index (κ1) is 16.8. The summed E-state index contributed by atoms with van der Waals surface area (Å²) in [6.07, 6.45) is 1.14. The maximum Gasteiger partial charge on any atom is 0.303 e. The molecular formula is C14H20BrNO4. The fourth-order valence-electron chi connectivity index (χ4n) is 2.20. The highest BCUT2D eigenvalue weighted by atomic mass is 79.9. The van der Waals surface area contributed by atoms with Gasteiger partial charge >= 0.3 is 5.97 Å². The lowest BCUT2D eigenvalue weighted by Crippen LogP contribution is -2.15. The van der Waals surface area contributed by atoms with E-state index in [2.05, 4.69) is 15.9 Å². The van der Waals surface area contributed by atoms with E-state index in [1.807, 2.05) is 13.0 Å². The highest BCUT2D eigenvalue weighted by Crippen LogP contribution is 2.42. The Labute approximate surface area is 127 Å². The molecule has 0 saturated carbocycles. The van der Waals surface area contributed by atoms with Gasteiger partial charge in [0.15, 0.2) is 11.5 Å². The van der Waals surface area contributed by atoms with E-state index in [0.717, 1.165) is 22.0 Å². The lowest BCUT2D eigenvalue weighted by molar-refractivity contribution is -0.137. The zero-order chi connectivity index (χ0) is 15.3. The Balaban J connectivity index is 3.25. The maximum atomic E-state index is 10.7. The third-order valence-corrected chi connectivity index (χ3v) is 3.75. The second-order valence-electron chi connectivity index (χ2n) is 4.39. The Bertz CT molecular complexity index is 491. The number of carboxylic acids is 1. The van der Waals surface area contributed by atoms with E-state index < -0.39 is 5.97 Å². The third kappa shape index (κ3) is 3.64. The summed E-state index contributed by atoms with van der Waals surface area (Å²) < 4.78 is 11.5.